The zero-order chi connectivity index (χ0) is 28.5. The number of rotatable bonds is 7. The Hall–Kier alpha value is -4.59. The van der Waals surface area contributed by atoms with E-state index in [0.717, 1.165) is 11.1 Å². The van der Waals surface area contributed by atoms with Crippen molar-refractivity contribution in [2.75, 3.05) is 0 Å². The van der Waals surface area contributed by atoms with Gasteiger partial charge < -0.3 is 20.8 Å². The number of nitriles is 1. The van der Waals surface area contributed by atoms with Crippen molar-refractivity contribution in [2.45, 2.75) is 62.4 Å². The number of furan rings is 1. The molecule has 2 aliphatic carbocycles. The molecule has 40 heavy (non-hydrogen) atoms. The molecule has 0 spiro atoms. The van der Waals surface area contributed by atoms with E-state index in [1.807, 2.05) is 36.4 Å². The molecule has 3 aromatic rings. The van der Waals surface area contributed by atoms with Crippen molar-refractivity contribution in [1.82, 2.24) is 10.6 Å². The van der Waals surface area contributed by atoms with Gasteiger partial charge in [0, 0.05) is 18.2 Å². The van der Waals surface area contributed by atoms with Crippen LogP contribution in [0.25, 0.3) is 22.1 Å². The van der Waals surface area contributed by atoms with Gasteiger partial charge in [-0.2, -0.15) is 5.26 Å². The van der Waals surface area contributed by atoms with Gasteiger partial charge in [-0.15, -0.1) is 0 Å². The van der Waals surface area contributed by atoms with Crippen LogP contribution in [0.15, 0.2) is 62.9 Å². The molecule has 1 aromatic heterocycles. The molecule has 0 unspecified atom stereocenters. The van der Waals surface area contributed by atoms with Crippen LogP contribution in [0, 0.1) is 11.3 Å². The third-order valence-electron chi connectivity index (χ3n) is 7.35. The standard InChI is InChI=1S/C29H28F2N6O3/c1-18(33)34-17-35-22-6-4-19(5-7-22)20-2-3-21-15-24(40-23(21)14-20)25(38)36-28(10-12-29(30,31)13-11-28)26(39)37-27(16-32)8-9-27/h2-7,14-15,17H,8-13H2,1H3,(H,36,38)(H,37,39)(H2,33,34,35). The molecule has 0 radical (unpaired) electrons. The van der Waals surface area contributed by atoms with Crippen molar-refractivity contribution >= 4 is 40.6 Å². The van der Waals surface area contributed by atoms with E-state index in [1.165, 1.54) is 6.34 Å². The number of amidine groups is 1. The first kappa shape index (κ1) is 27.0. The zero-order valence-electron chi connectivity index (χ0n) is 21.8. The molecular weight excluding hydrogens is 518 g/mol. The number of nitrogens with one attached hydrogen (secondary N) is 2. The Morgan fingerprint density at radius 2 is 1.68 bits per heavy atom. The third-order valence-corrected chi connectivity index (χ3v) is 7.35. The Morgan fingerprint density at radius 3 is 2.30 bits per heavy atom. The van der Waals surface area contributed by atoms with E-state index in [0.29, 0.717) is 35.3 Å². The molecule has 0 aliphatic heterocycles. The number of carbonyl (C=O) groups excluding carboxylic acids is 2. The minimum absolute atomic E-state index is 0.0430. The van der Waals surface area contributed by atoms with Gasteiger partial charge in [-0.1, -0.05) is 24.3 Å². The van der Waals surface area contributed by atoms with E-state index < -0.39 is 41.7 Å². The first-order valence-corrected chi connectivity index (χ1v) is 12.9. The summed E-state index contributed by atoms with van der Waals surface area (Å²) >= 11 is 0. The van der Waals surface area contributed by atoms with Crippen LogP contribution in [0.1, 0.15) is 56.0 Å². The number of aliphatic imine (C=N–C) groups is 2. The molecule has 2 fully saturated rings. The average Bonchev–Trinajstić information content (AvgIpc) is 3.56. The number of halogens is 2. The summed E-state index contributed by atoms with van der Waals surface area (Å²) in [6, 6.07) is 16.5. The highest BCUT2D eigenvalue weighted by molar-refractivity contribution is 6.01. The van der Waals surface area contributed by atoms with Crippen molar-refractivity contribution in [2.24, 2.45) is 15.7 Å². The monoisotopic (exact) mass is 546 g/mol. The second-order valence-electron chi connectivity index (χ2n) is 10.5. The van der Waals surface area contributed by atoms with Gasteiger partial charge in [-0.05, 0) is 68.0 Å². The van der Waals surface area contributed by atoms with Crippen LogP contribution >= 0.6 is 0 Å². The van der Waals surface area contributed by atoms with E-state index in [1.54, 1.807) is 19.1 Å². The van der Waals surface area contributed by atoms with Crippen LogP contribution in [0.5, 0.6) is 0 Å². The predicted octanol–water partition coefficient (Wildman–Crippen LogP) is 4.99. The maximum atomic E-state index is 14.0. The smallest absolute Gasteiger partial charge is 0.287 e. The topological polar surface area (TPSA) is 146 Å². The summed E-state index contributed by atoms with van der Waals surface area (Å²) < 4.78 is 33.8. The first-order chi connectivity index (χ1) is 19.0. The zero-order valence-corrected chi connectivity index (χ0v) is 21.8. The second kappa shape index (κ2) is 10.2. The maximum Gasteiger partial charge on any atom is 0.287 e. The van der Waals surface area contributed by atoms with Crippen molar-refractivity contribution in [3.63, 3.8) is 0 Å². The largest absolute Gasteiger partial charge is 0.451 e. The van der Waals surface area contributed by atoms with Crippen molar-refractivity contribution in [1.29, 1.82) is 5.26 Å². The van der Waals surface area contributed by atoms with Crippen molar-refractivity contribution < 1.29 is 22.8 Å². The summed E-state index contributed by atoms with van der Waals surface area (Å²) in [5.74, 6) is -3.86. The number of hydrogen-bond donors (Lipinski definition) is 3. The van der Waals surface area contributed by atoms with Crippen LogP contribution in [0.3, 0.4) is 0 Å². The number of hydrogen-bond acceptors (Lipinski definition) is 5. The lowest BCUT2D eigenvalue weighted by atomic mass is 9.78. The number of nitrogens with zero attached hydrogens (tertiary/aromatic N) is 3. The van der Waals surface area contributed by atoms with E-state index >= 15 is 0 Å². The van der Waals surface area contributed by atoms with Gasteiger partial charge in [0.05, 0.1) is 17.6 Å². The number of amides is 2. The average molecular weight is 547 g/mol. The molecule has 4 N–H and O–H groups in total. The van der Waals surface area contributed by atoms with Crippen LogP contribution in [0.4, 0.5) is 14.5 Å². The SMILES string of the molecule is CC(N)=NC=Nc1ccc(-c2ccc3cc(C(=O)NC4(C(=O)NC5(C#N)CC5)CCC(F)(F)CC4)oc3c2)cc1. The van der Waals surface area contributed by atoms with Gasteiger partial charge in [0.2, 0.25) is 11.8 Å². The lowest BCUT2D eigenvalue weighted by Crippen LogP contribution is -2.62. The number of benzene rings is 2. The van der Waals surface area contributed by atoms with E-state index in [4.69, 9.17) is 10.2 Å². The molecule has 206 valence electrons. The highest BCUT2D eigenvalue weighted by atomic mass is 19.3. The fourth-order valence-electron chi connectivity index (χ4n) is 4.71. The number of alkyl halides is 2. The van der Waals surface area contributed by atoms with Gasteiger partial charge in [-0.25, -0.2) is 18.8 Å². The molecule has 5 rings (SSSR count). The van der Waals surface area contributed by atoms with Crippen molar-refractivity contribution in [3.8, 4) is 17.2 Å². The quantitative estimate of drug-likeness (QED) is 0.282. The van der Waals surface area contributed by atoms with Crippen molar-refractivity contribution in [3.05, 3.63) is 54.3 Å². The van der Waals surface area contributed by atoms with Gasteiger partial charge >= 0.3 is 0 Å². The van der Waals surface area contributed by atoms with Crippen LogP contribution in [0.2, 0.25) is 0 Å². The molecule has 2 aromatic carbocycles. The summed E-state index contributed by atoms with van der Waals surface area (Å²) in [7, 11) is 0. The normalized spacial score (nSPS) is 19.2. The number of nitrogens with two attached hydrogens (primary N) is 1. The Balaban J connectivity index is 1.35. The summed E-state index contributed by atoms with van der Waals surface area (Å²) in [6.07, 6.45) is 0.760. The molecule has 0 saturated heterocycles. The molecule has 9 nitrogen and oxygen atoms in total. The van der Waals surface area contributed by atoms with Crippen LogP contribution in [-0.4, -0.2) is 41.0 Å². The Kier molecular flexibility index (Phi) is 6.87. The first-order valence-electron chi connectivity index (χ1n) is 12.9. The predicted molar refractivity (Wildman–Crippen MR) is 146 cm³/mol. The number of fused-ring (bicyclic) bond motifs is 1. The van der Waals surface area contributed by atoms with Gasteiger partial charge in [-0.3, -0.25) is 9.59 Å². The summed E-state index contributed by atoms with van der Waals surface area (Å²) in [4.78, 5) is 34.6. The third kappa shape index (κ3) is 5.71. The number of carbonyl (C=O) groups is 2. The highest BCUT2D eigenvalue weighted by Crippen LogP contribution is 2.41. The molecule has 2 amide bonds. The van der Waals surface area contributed by atoms with Gasteiger partial charge in [0.15, 0.2) is 5.76 Å². The molecule has 1 heterocycles. The summed E-state index contributed by atoms with van der Waals surface area (Å²) in [6.45, 7) is 1.67. The fraction of sp³-hybridized carbons (Fsp3) is 0.345. The van der Waals surface area contributed by atoms with E-state index in [-0.39, 0.29) is 18.6 Å². The molecular formula is C29H28F2N6O3. The van der Waals surface area contributed by atoms with Crippen LogP contribution < -0.4 is 16.4 Å². The minimum Gasteiger partial charge on any atom is -0.451 e. The molecule has 2 aliphatic rings. The van der Waals surface area contributed by atoms with Gasteiger partial charge in [0.25, 0.3) is 5.91 Å². The highest BCUT2D eigenvalue weighted by Gasteiger charge is 2.53. The molecule has 2 saturated carbocycles. The Labute approximate surface area is 229 Å². The molecule has 11 heteroatoms. The summed E-state index contributed by atoms with van der Waals surface area (Å²) in [5, 5.41) is 15.4. The molecule has 0 atom stereocenters. The van der Waals surface area contributed by atoms with Crippen LogP contribution in [-0.2, 0) is 4.79 Å². The lowest BCUT2D eigenvalue weighted by Gasteiger charge is -2.39. The molecule has 0 bridgehead atoms. The fourth-order valence-corrected chi connectivity index (χ4v) is 4.71. The summed E-state index contributed by atoms with van der Waals surface area (Å²) in [5.41, 5.74) is 5.83. The lowest BCUT2D eigenvalue weighted by molar-refractivity contribution is -0.133. The second-order valence-corrected chi connectivity index (χ2v) is 10.5. The van der Waals surface area contributed by atoms with E-state index in [2.05, 4.69) is 26.7 Å². The Morgan fingerprint density at radius 1 is 1.00 bits per heavy atom. The minimum atomic E-state index is -2.92. The maximum absolute atomic E-state index is 14.0. The van der Waals surface area contributed by atoms with E-state index in [9.17, 15) is 23.6 Å². The van der Waals surface area contributed by atoms with Gasteiger partial charge in [0.1, 0.15) is 23.0 Å². The Bertz CT molecular complexity index is 1550.